The molecule has 2 aliphatic carbocycles. The van der Waals surface area contributed by atoms with Crippen molar-refractivity contribution in [3.05, 3.63) is 0 Å². The first-order chi connectivity index (χ1) is 9.75. The van der Waals surface area contributed by atoms with E-state index in [9.17, 15) is 4.79 Å². The van der Waals surface area contributed by atoms with E-state index in [1.807, 2.05) is 0 Å². The topological polar surface area (TPSA) is 64.4 Å². The van der Waals surface area contributed by atoms with E-state index in [2.05, 4.69) is 5.32 Å². The highest BCUT2D eigenvalue weighted by Gasteiger charge is 2.24. The number of ether oxygens (including phenoxy) is 1. The summed E-state index contributed by atoms with van der Waals surface area (Å²) >= 11 is 0. The fourth-order valence-electron chi connectivity index (χ4n) is 3.38. The van der Waals surface area contributed by atoms with Crippen LogP contribution in [0.3, 0.4) is 0 Å². The Bertz CT molecular complexity index is 290. The SMILES string of the molecule is NC1CCCC(C(=O)NCCCOC2CCCCC2)C1. The van der Waals surface area contributed by atoms with Crippen molar-refractivity contribution >= 4 is 5.91 Å². The number of carbonyl (C=O) groups is 1. The van der Waals surface area contributed by atoms with Gasteiger partial charge in [-0.15, -0.1) is 0 Å². The third-order valence-electron chi connectivity index (χ3n) is 4.61. The summed E-state index contributed by atoms with van der Waals surface area (Å²) in [4.78, 5) is 12.0. The molecule has 2 atom stereocenters. The first kappa shape index (κ1) is 15.8. The molecule has 0 saturated heterocycles. The molecule has 3 N–H and O–H groups in total. The third kappa shape index (κ3) is 5.41. The van der Waals surface area contributed by atoms with Gasteiger partial charge in [-0.1, -0.05) is 25.7 Å². The molecule has 0 spiro atoms. The average molecular weight is 282 g/mol. The standard InChI is InChI=1S/C16H30N2O2/c17-14-7-4-6-13(12-14)16(19)18-10-5-11-20-15-8-2-1-3-9-15/h13-15H,1-12,17H2,(H,18,19). The molecule has 0 aromatic heterocycles. The lowest BCUT2D eigenvalue weighted by molar-refractivity contribution is -0.126. The monoisotopic (exact) mass is 282 g/mol. The molecule has 116 valence electrons. The predicted molar refractivity (Wildman–Crippen MR) is 80.4 cm³/mol. The quantitative estimate of drug-likeness (QED) is 0.735. The van der Waals surface area contributed by atoms with Crippen LogP contribution in [0.25, 0.3) is 0 Å². The second-order valence-corrected chi connectivity index (χ2v) is 6.40. The van der Waals surface area contributed by atoms with Gasteiger partial charge in [0.15, 0.2) is 0 Å². The Labute approximate surface area is 122 Å². The zero-order valence-electron chi connectivity index (χ0n) is 12.6. The number of nitrogens with one attached hydrogen (secondary N) is 1. The van der Waals surface area contributed by atoms with E-state index in [1.165, 1.54) is 32.1 Å². The zero-order chi connectivity index (χ0) is 14.2. The Morgan fingerprint density at radius 3 is 2.65 bits per heavy atom. The maximum absolute atomic E-state index is 12.0. The van der Waals surface area contributed by atoms with Crippen molar-refractivity contribution in [3.8, 4) is 0 Å². The summed E-state index contributed by atoms with van der Waals surface area (Å²) < 4.78 is 5.86. The molecular weight excluding hydrogens is 252 g/mol. The predicted octanol–water partition coefficient (Wildman–Crippen LogP) is 2.36. The molecule has 0 bridgehead atoms. The molecule has 2 unspecified atom stereocenters. The van der Waals surface area contributed by atoms with E-state index < -0.39 is 0 Å². The average Bonchev–Trinajstić information content (AvgIpc) is 2.48. The van der Waals surface area contributed by atoms with Gasteiger partial charge < -0.3 is 15.8 Å². The summed E-state index contributed by atoms with van der Waals surface area (Å²) in [7, 11) is 0. The van der Waals surface area contributed by atoms with Crippen LogP contribution in [0.4, 0.5) is 0 Å². The van der Waals surface area contributed by atoms with Crippen LogP contribution in [-0.2, 0) is 9.53 Å². The fourth-order valence-corrected chi connectivity index (χ4v) is 3.38. The maximum atomic E-state index is 12.0. The lowest BCUT2D eigenvalue weighted by Gasteiger charge is -2.25. The van der Waals surface area contributed by atoms with Crippen LogP contribution < -0.4 is 11.1 Å². The van der Waals surface area contributed by atoms with Crippen molar-refractivity contribution in [1.82, 2.24) is 5.32 Å². The Hall–Kier alpha value is -0.610. The van der Waals surface area contributed by atoms with Gasteiger partial charge in [0, 0.05) is 25.1 Å². The largest absolute Gasteiger partial charge is 0.378 e. The van der Waals surface area contributed by atoms with Crippen molar-refractivity contribution < 1.29 is 9.53 Å². The number of carbonyl (C=O) groups excluding carboxylic acids is 1. The van der Waals surface area contributed by atoms with Gasteiger partial charge in [-0.25, -0.2) is 0 Å². The highest BCUT2D eigenvalue weighted by atomic mass is 16.5. The van der Waals surface area contributed by atoms with Gasteiger partial charge in [0.2, 0.25) is 5.91 Å². The van der Waals surface area contributed by atoms with Gasteiger partial charge >= 0.3 is 0 Å². The third-order valence-corrected chi connectivity index (χ3v) is 4.61. The van der Waals surface area contributed by atoms with Gasteiger partial charge in [-0.2, -0.15) is 0 Å². The molecule has 2 fully saturated rings. The van der Waals surface area contributed by atoms with Crippen LogP contribution in [-0.4, -0.2) is 31.2 Å². The lowest BCUT2D eigenvalue weighted by atomic mass is 9.85. The van der Waals surface area contributed by atoms with Crippen LogP contribution in [0.1, 0.15) is 64.2 Å². The van der Waals surface area contributed by atoms with Gasteiger partial charge in [-0.3, -0.25) is 4.79 Å². The summed E-state index contributed by atoms with van der Waals surface area (Å²) in [5, 5.41) is 3.04. The van der Waals surface area contributed by atoms with Crippen LogP contribution in [0, 0.1) is 5.92 Å². The highest BCUT2D eigenvalue weighted by Crippen LogP contribution is 2.23. The molecule has 20 heavy (non-hydrogen) atoms. The highest BCUT2D eigenvalue weighted by molar-refractivity contribution is 5.78. The Morgan fingerprint density at radius 1 is 1.10 bits per heavy atom. The summed E-state index contributed by atoms with van der Waals surface area (Å²) in [6, 6.07) is 0.217. The van der Waals surface area contributed by atoms with Crippen molar-refractivity contribution in [1.29, 1.82) is 0 Å². The number of amides is 1. The summed E-state index contributed by atoms with van der Waals surface area (Å²) in [5.41, 5.74) is 5.92. The molecule has 2 saturated carbocycles. The smallest absolute Gasteiger partial charge is 0.223 e. The van der Waals surface area contributed by atoms with Crippen LogP contribution in [0.2, 0.25) is 0 Å². The molecule has 1 amide bonds. The first-order valence-corrected chi connectivity index (χ1v) is 8.40. The van der Waals surface area contributed by atoms with Crippen LogP contribution >= 0.6 is 0 Å². The fraction of sp³-hybridized carbons (Fsp3) is 0.938. The van der Waals surface area contributed by atoms with Gasteiger partial charge in [-0.05, 0) is 38.5 Å². The minimum absolute atomic E-state index is 0.137. The summed E-state index contributed by atoms with van der Waals surface area (Å²) in [6.07, 6.45) is 11.8. The van der Waals surface area contributed by atoms with Crippen molar-refractivity contribution in [3.63, 3.8) is 0 Å². The lowest BCUT2D eigenvalue weighted by Crippen LogP contribution is -2.38. The Morgan fingerprint density at radius 2 is 1.90 bits per heavy atom. The van der Waals surface area contributed by atoms with E-state index in [0.29, 0.717) is 6.10 Å². The Balaban J connectivity index is 1.50. The molecule has 4 heteroatoms. The summed E-state index contributed by atoms with van der Waals surface area (Å²) in [5.74, 6) is 0.329. The second-order valence-electron chi connectivity index (χ2n) is 6.40. The first-order valence-electron chi connectivity index (χ1n) is 8.40. The van der Waals surface area contributed by atoms with E-state index in [-0.39, 0.29) is 17.9 Å². The minimum atomic E-state index is 0.137. The molecule has 2 rings (SSSR count). The molecule has 0 radical (unpaired) electrons. The van der Waals surface area contributed by atoms with Gasteiger partial charge in [0.1, 0.15) is 0 Å². The number of hydrogen-bond acceptors (Lipinski definition) is 3. The molecule has 0 aromatic carbocycles. The Kier molecular flexibility index (Phi) is 6.80. The number of rotatable bonds is 6. The van der Waals surface area contributed by atoms with Gasteiger partial charge in [0.25, 0.3) is 0 Å². The van der Waals surface area contributed by atoms with E-state index in [0.717, 1.165) is 45.3 Å². The van der Waals surface area contributed by atoms with E-state index in [4.69, 9.17) is 10.5 Å². The molecule has 0 aliphatic heterocycles. The van der Waals surface area contributed by atoms with Crippen LogP contribution in [0.15, 0.2) is 0 Å². The molecule has 2 aliphatic rings. The molecule has 0 aromatic rings. The van der Waals surface area contributed by atoms with Crippen molar-refractivity contribution in [2.45, 2.75) is 76.4 Å². The maximum Gasteiger partial charge on any atom is 0.223 e. The normalized spacial score (nSPS) is 28.2. The zero-order valence-corrected chi connectivity index (χ0v) is 12.6. The molecule has 0 heterocycles. The van der Waals surface area contributed by atoms with E-state index in [1.54, 1.807) is 0 Å². The number of nitrogens with two attached hydrogens (primary N) is 1. The number of hydrogen-bond donors (Lipinski definition) is 2. The molecular formula is C16H30N2O2. The summed E-state index contributed by atoms with van der Waals surface area (Å²) in [6.45, 7) is 1.51. The second kappa shape index (κ2) is 8.63. The van der Waals surface area contributed by atoms with Crippen molar-refractivity contribution in [2.75, 3.05) is 13.2 Å². The van der Waals surface area contributed by atoms with E-state index >= 15 is 0 Å². The van der Waals surface area contributed by atoms with Crippen LogP contribution in [0.5, 0.6) is 0 Å². The van der Waals surface area contributed by atoms with Crippen molar-refractivity contribution in [2.24, 2.45) is 11.7 Å². The minimum Gasteiger partial charge on any atom is -0.378 e. The molecule has 4 nitrogen and oxygen atoms in total. The van der Waals surface area contributed by atoms with Gasteiger partial charge in [0.05, 0.1) is 6.10 Å².